The van der Waals surface area contributed by atoms with Crippen molar-refractivity contribution in [3.8, 4) is 0 Å². The Kier molecular flexibility index (Phi) is 9.09. The average molecular weight is 375 g/mol. The van der Waals surface area contributed by atoms with Gasteiger partial charge in [0.15, 0.2) is 12.4 Å². The molecule has 6 nitrogen and oxygen atoms in total. The molecule has 0 fully saturated rings. The molecule has 2 atom stereocenters. The van der Waals surface area contributed by atoms with Crippen molar-refractivity contribution in [2.24, 2.45) is 11.8 Å². The molecule has 0 spiro atoms. The molecule has 0 aromatic rings. The van der Waals surface area contributed by atoms with Crippen molar-refractivity contribution in [3.63, 3.8) is 0 Å². The van der Waals surface area contributed by atoms with Crippen molar-refractivity contribution in [3.05, 3.63) is 23.4 Å². The fourth-order valence-corrected chi connectivity index (χ4v) is 2.82. The zero-order valence-electron chi connectivity index (χ0n) is 15.7. The summed E-state index contributed by atoms with van der Waals surface area (Å²) in [6.07, 6.45) is 0.892. The minimum atomic E-state index is -0.789. The van der Waals surface area contributed by atoms with E-state index >= 15 is 0 Å². The van der Waals surface area contributed by atoms with Crippen molar-refractivity contribution in [2.75, 3.05) is 40.1 Å². The third-order valence-electron chi connectivity index (χ3n) is 4.30. The molecule has 0 heterocycles. The molecule has 1 aliphatic rings. The lowest BCUT2D eigenvalue weighted by molar-refractivity contribution is -0.145. The first-order valence-electron chi connectivity index (χ1n) is 8.66. The Hall–Kier alpha value is -2.12. The summed E-state index contributed by atoms with van der Waals surface area (Å²) in [5.41, 5.74) is 0. The van der Waals surface area contributed by atoms with Gasteiger partial charge in [-0.25, -0.2) is 8.78 Å². The van der Waals surface area contributed by atoms with Gasteiger partial charge in [0.1, 0.15) is 24.9 Å². The molecule has 0 saturated heterocycles. The van der Waals surface area contributed by atoms with Crippen molar-refractivity contribution in [1.82, 2.24) is 4.90 Å². The normalized spacial score (nSPS) is 19.7. The number of carbonyl (C=O) groups is 2. The third kappa shape index (κ3) is 5.71. The molecular weight excluding hydrogens is 348 g/mol. The predicted octanol–water partition coefficient (Wildman–Crippen LogP) is 2.75. The number of halogens is 2. The van der Waals surface area contributed by atoms with E-state index in [0.717, 1.165) is 6.08 Å². The Bertz CT molecular complexity index is 558. The number of hydrogen-bond acceptors (Lipinski definition) is 5. The first-order chi connectivity index (χ1) is 12.4. The number of hydrogen-bond donors (Lipinski definition) is 0. The number of carbonyl (C=O) groups excluding carboxylic acids is 2. The molecule has 0 N–H and O–H groups in total. The molecule has 1 amide bonds. The van der Waals surface area contributed by atoms with Gasteiger partial charge in [-0.15, -0.1) is 0 Å². The lowest BCUT2D eigenvalue weighted by atomic mass is 9.84. The fraction of sp³-hybridized carbons (Fsp3) is 0.667. The van der Waals surface area contributed by atoms with Gasteiger partial charge in [0.2, 0.25) is 0 Å². The maximum Gasteiger partial charge on any atom is 0.306 e. The standard InChI is InChI=1S/C18H27F2NO5/c1-5-21(6-2)16(22)11-26-15-10-14(20)13(12(3)18(15)24-4)9-17(23)25-8-7-19/h10,12-13H,5-9,11H2,1-4H3. The summed E-state index contributed by atoms with van der Waals surface area (Å²) in [7, 11) is 1.41. The second-order valence-corrected chi connectivity index (χ2v) is 5.83. The number of alkyl halides is 1. The van der Waals surface area contributed by atoms with Crippen LogP contribution < -0.4 is 0 Å². The molecule has 8 heteroatoms. The van der Waals surface area contributed by atoms with Crippen LogP contribution in [0, 0.1) is 11.8 Å². The Morgan fingerprint density at radius 3 is 2.46 bits per heavy atom. The summed E-state index contributed by atoms with van der Waals surface area (Å²) >= 11 is 0. The van der Waals surface area contributed by atoms with Gasteiger partial charge in [-0.3, -0.25) is 9.59 Å². The van der Waals surface area contributed by atoms with Crippen LogP contribution >= 0.6 is 0 Å². The van der Waals surface area contributed by atoms with Crippen LogP contribution in [0.4, 0.5) is 8.78 Å². The number of ether oxygens (including phenoxy) is 3. The summed E-state index contributed by atoms with van der Waals surface area (Å²) in [5, 5.41) is 0. The molecule has 0 aromatic carbocycles. The fourth-order valence-electron chi connectivity index (χ4n) is 2.82. The van der Waals surface area contributed by atoms with E-state index < -0.39 is 30.3 Å². The first kappa shape index (κ1) is 21.9. The Balaban J connectivity index is 2.83. The molecule has 1 aliphatic carbocycles. The molecule has 0 saturated carbocycles. The van der Waals surface area contributed by atoms with Crippen molar-refractivity contribution < 1.29 is 32.6 Å². The second-order valence-electron chi connectivity index (χ2n) is 5.83. The first-order valence-corrected chi connectivity index (χ1v) is 8.66. The predicted molar refractivity (Wildman–Crippen MR) is 91.3 cm³/mol. The smallest absolute Gasteiger partial charge is 0.306 e. The number of allylic oxidation sites excluding steroid dienone is 3. The minimum Gasteiger partial charge on any atom is -0.497 e. The maximum absolute atomic E-state index is 14.5. The zero-order chi connectivity index (χ0) is 19.7. The minimum absolute atomic E-state index is 0.131. The van der Waals surface area contributed by atoms with Gasteiger partial charge >= 0.3 is 5.97 Å². The number of rotatable bonds is 10. The summed E-state index contributed by atoms with van der Waals surface area (Å²) in [6.45, 7) is 5.15. The topological polar surface area (TPSA) is 65.1 Å². The Morgan fingerprint density at radius 1 is 1.27 bits per heavy atom. The van der Waals surface area contributed by atoms with Crippen LogP contribution in [0.1, 0.15) is 27.2 Å². The molecule has 1 rings (SSSR count). The summed E-state index contributed by atoms with van der Waals surface area (Å²) in [4.78, 5) is 25.3. The van der Waals surface area contributed by atoms with Gasteiger partial charge in [-0.2, -0.15) is 0 Å². The monoisotopic (exact) mass is 375 g/mol. The van der Waals surface area contributed by atoms with Crippen LogP contribution in [-0.4, -0.2) is 56.9 Å². The second kappa shape index (κ2) is 10.8. The number of likely N-dealkylation sites (N-methyl/N-ethyl adjacent to an activating group) is 1. The van der Waals surface area contributed by atoms with Crippen molar-refractivity contribution in [2.45, 2.75) is 27.2 Å². The van der Waals surface area contributed by atoms with Gasteiger partial charge in [0.05, 0.1) is 13.5 Å². The Labute approximate surface area is 152 Å². The highest BCUT2D eigenvalue weighted by Gasteiger charge is 2.35. The van der Waals surface area contributed by atoms with Crippen LogP contribution in [0.5, 0.6) is 0 Å². The number of nitrogens with zero attached hydrogens (tertiary/aromatic N) is 1. The highest BCUT2D eigenvalue weighted by atomic mass is 19.1. The lowest BCUT2D eigenvalue weighted by Gasteiger charge is -2.29. The van der Waals surface area contributed by atoms with E-state index in [-0.39, 0.29) is 31.3 Å². The van der Waals surface area contributed by atoms with E-state index in [1.807, 2.05) is 13.8 Å². The van der Waals surface area contributed by atoms with E-state index in [0.29, 0.717) is 18.8 Å². The zero-order valence-corrected chi connectivity index (χ0v) is 15.7. The van der Waals surface area contributed by atoms with E-state index in [2.05, 4.69) is 4.74 Å². The average Bonchev–Trinajstić information content (AvgIpc) is 2.62. The van der Waals surface area contributed by atoms with Crippen LogP contribution in [0.25, 0.3) is 0 Å². The van der Waals surface area contributed by atoms with Gasteiger partial charge < -0.3 is 19.1 Å². The van der Waals surface area contributed by atoms with Crippen molar-refractivity contribution >= 4 is 11.9 Å². The van der Waals surface area contributed by atoms with Gasteiger partial charge in [0.25, 0.3) is 5.91 Å². The summed E-state index contributed by atoms with van der Waals surface area (Å²) in [5.74, 6) is -2.27. The maximum atomic E-state index is 14.5. The molecule has 0 aliphatic heterocycles. The highest BCUT2D eigenvalue weighted by Crippen LogP contribution is 2.38. The SMILES string of the molecule is CCN(CC)C(=O)COC1=C(OC)C(C)C(CC(=O)OCCF)C(F)=C1. The van der Waals surface area contributed by atoms with E-state index in [1.165, 1.54) is 7.11 Å². The number of esters is 1. The van der Waals surface area contributed by atoms with Gasteiger partial charge in [-0.05, 0) is 13.8 Å². The van der Waals surface area contributed by atoms with Crippen molar-refractivity contribution in [1.29, 1.82) is 0 Å². The number of methoxy groups -OCH3 is 1. The number of amides is 1. The molecule has 0 bridgehead atoms. The van der Waals surface area contributed by atoms with E-state index in [4.69, 9.17) is 9.47 Å². The summed E-state index contributed by atoms with van der Waals surface area (Å²) < 4.78 is 42.0. The van der Waals surface area contributed by atoms with Crippen LogP contribution in [0.3, 0.4) is 0 Å². The molecule has 26 heavy (non-hydrogen) atoms. The summed E-state index contributed by atoms with van der Waals surface area (Å²) in [6, 6.07) is 0. The van der Waals surface area contributed by atoms with E-state index in [1.54, 1.807) is 11.8 Å². The van der Waals surface area contributed by atoms with E-state index in [9.17, 15) is 18.4 Å². The lowest BCUT2D eigenvalue weighted by Crippen LogP contribution is -2.34. The largest absolute Gasteiger partial charge is 0.497 e. The van der Waals surface area contributed by atoms with Crippen LogP contribution in [-0.2, 0) is 23.8 Å². The molecule has 0 aromatic heterocycles. The van der Waals surface area contributed by atoms with Gasteiger partial charge in [0, 0.05) is 31.0 Å². The third-order valence-corrected chi connectivity index (χ3v) is 4.30. The highest BCUT2D eigenvalue weighted by molar-refractivity contribution is 5.77. The van der Waals surface area contributed by atoms with Crippen LogP contribution in [0.2, 0.25) is 0 Å². The van der Waals surface area contributed by atoms with Gasteiger partial charge in [-0.1, -0.05) is 6.92 Å². The van der Waals surface area contributed by atoms with Crippen LogP contribution in [0.15, 0.2) is 23.4 Å². The Morgan fingerprint density at radius 2 is 1.92 bits per heavy atom. The molecule has 0 radical (unpaired) electrons. The molecule has 148 valence electrons. The molecule has 2 unspecified atom stereocenters. The quantitative estimate of drug-likeness (QED) is 0.550. The molecular formula is C18H27F2NO5.